The Morgan fingerprint density at radius 1 is 1.14 bits per heavy atom. The third kappa shape index (κ3) is 7.63. The highest BCUT2D eigenvalue weighted by Gasteiger charge is 2.13. The van der Waals surface area contributed by atoms with E-state index in [4.69, 9.17) is 18.9 Å². The number of ether oxygens (including phenoxy) is 4. The molecule has 28 heavy (non-hydrogen) atoms. The molecule has 2 N–H and O–H groups in total. The highest BCUT2D eigenvalue weighted by molar-refractivity contribution is 14.0. The van der Waals surface area contributed by atoms with Crippen molar-refractivity contribution in [1.82, 2.24) is 5.32 Å². The van der Waals surface area contributed by atoms with Crippen molar-refractivity contribution in [1.29, 1.82) is 0 Å². The Morgan fingerprint density at radius 3 is 2.71 bits per heavy atom. The van der Waals surface area contributed by atoms with Gasteiger partial charge in [0.2, 0.25) is 0 Å². The smallest absolute Gasteiger partial charge is 0.195 e. The molecule has 0 aromatic heterocycles. The SMILES string of the molecule is CN=C(NCCCOCC1CCOCC1)Nc1ccc2c(c1)OCCCO2.I. The van der Waals surface area contributed by atoms with Crippen molar-refractivity contribution in [2.75, 3.05) is 58.6 Å². The zero-order chi connectivity index (χ0) is 18.7. The van der Waals surface area contributed by atoms with Gasteiger partial charge >= 0.3 is 0 Å². The highest BCUT2D eigenvalue weighted by atomic mass is 127. The number of nitrogens with zero attached hydrogens (tertiary/aromatic N) is 1. The van der Waals surface area contributed by atoms with E-state index in [-0.39, 0.29) is 24.0 Å². The van der Waals surface area contributed by atoms with Crippen LogP contribution in [0.5, 0.6) is 11.5 Å². The lowest BCUT2D eigenvalue weighted by Gasteiger charge is -2.21. The monoisotopic (exact) mass is 505 g/mol. The molecule has 1 aromatic carbocycles. The number of hydrogen-bond donors (Lipinski definition) is 2. The number of halogens is 1. The Bertz CT molecular complexity index is 609. The van der Waals surface area contributed by atoms with E-state index in [9.17, 15) is 0 Å². The molecule has 8 heteroatoms. The van der Waals surface area contributed by atoms with Crippen LogP contribution in [0.25, 0.3) is 0 Å². The number of hydrogen-bond acceptors (Lipinski definition) is 5. The first kappa shape index (κ1) is 23.0. The summed E-state index contributed by atoms with van der Waals surface area (Å²) in [4.78, 5) is 4.27. The van der Waals surface area contributed by atoms with E-state index in [2.05, 4.69) is 15.6 Å². The molecule has 1 aromatic rings. The van der Waals surface area contributed by atoms with Crippen molar-refractivity contribution in [2.24, 2.45) is 10.9 Å². The van der Waals surface area contributed by atoms with Crippen molar-refractivity contribution in [3.05, 3.63) is 18.2 Å². The van der Waals surface area contributed by atoms with Gasteiger partial charge in [0.1, 0.15) is 0 Å². The normalized spacial score (nSPS) is 17.4. The second-order valence-electron chi connectivity index (χ2n) is 6.82. The zero-order valence-corrected chi connectivity index (χ0v) is 18.9. The molecule has 1 fully saturated rings. The van der Waals surface area contributed by atoms with Gasteiger partial charge in [-0.2, -0.15) is 0 Å². The Labute approximate surface area is 184 Å². The molecular formula is C20H32IN3O4. The molecule has 3 rings (SSSR count). The van der Waals surface area contributed by atoms with E-state index in [1.54, 1.807) is 7.05 Å². The van der Waals surface area contributed by atoms with Crippen LogP contribution in [0.2, 0.25) is 0 Å². The molecule has 0 bridgehead atoms. The number of benzene rings is 1. The maximum Gasteiger partial charge on any atom is 0.195 e. The van der Waals surface area contributed by atoms with Gasteiger partial charge in [-0.25, -0.2) is 0 Å². The lowest BCUT2D eigenvalue weighted by atomic mass is 10.0. The maximum atomic E-state index is 5.79. The van der Waals surface area contributed by atoms with Crippen molar-refractivity contribution >= 4 is 35.6 Å². The third-order valence-corrected chi connectivity index (χ3v) is 4.69. The number of aliphatic imine (C=N–C) groups is 1. The molecule has 0 amide bonds. The van der Waals surface area contributed by atoms with Gasteiger partial charge in [0.25, 0.3) is 0 Å². The van der Waals surface area contributed by atoms with Gasteiger partial charge < -0.3 is 29.6 Å². The van der Waals surface area contributed by atoms with Crippen LogP contribution in [0.1, 0.15) is 25.7 Å². The Balaban J connectivity index is 0.00000280. The summed E-state index contributed by atoms with van der Waals surface area (Å²) < 4.78 is 22.6. The minimum atomic E-state index is 0. The molecular weight excluding hydrogens is 473 g/mol. The third-order valence-electron chi connectivity index (χ3n) is 4.69. The minimum absolute atomic E-state index is 0. The molecule has 0 unspecified atom stereocenters. The van der Waals surface area contributed by atoms with Crippen LogP contribution in [-0.4, -0.2) is 59.2 Å². The molecule has 0 atom stereocenters. The molecule has 0 spiro atoms. The van der Waals surface area contributed by atoms with Gasteiger partial charge in [0, 0.05) is 58.2 Å². The first-order valence-electron chi connectivity index (χ1n) is 9.88. The van der Waals surface area contributed by atoms with Gasteiger partial charge in [-0.1, -0.05) is 0 Å². The minimum Gasteiger partial charge on any atom is -0.490 e. The van der Waals surface area contributed by atoms with Crippen molar-refractivity contribution in [3.63, 3.8) is 0 Å². The van der Waals surface area contributed by atoms with Gasteiger partial charge in [-0.05, 0) is 37.3 Å². The van der Waals surface area contributed by atoms with Crippen molar-refractivity contribution in [2.45, 2.75) is 25.7 Å². The average Bonchev–Trinajstić information content (AvgIpc) is 2.95. The molecule has 7 nitrogen and oxygen atoms in total. The molecule has 158 valence electrons. The van der Waals surface area contributed by atoms with Crippen LogP contribution in [-0.2, 0) is 9.47 Å². The Kier molecular flexibility index (Phi) is 10.7. The lowest BCUT2D eigenvalue weighted by Crippen LogP contribution is -2.32. The Morgan fingerprint density at radius 2 is 1.93 bits per heavy atom. The lowest BCUT2D eigenvalue weighted by molar-refractivity contribution is 0.0203. The largest absolute Gasteiger partial charge is 0.490 e. The standard InChI is InChI=1S/C20H31N3O4.HI/c1-21-20(22-8-2-9-25-15-16-6-12-24-13-7-16)23-17-4-5-18-19(14-17)27-11-3-10-26-18;/h4-5,14,16H,2-3,6-13,15H2,1H3,(H2,21,22,23);1H. The van der Waals surface area contributed by atoms with Gasteiger partial charge in [-0.3, -0.25) is 4.99 Å². The maximum absolute atomic E-state index is 5.79. The first-order chi connectivity index (χ1) is 13.3. The summed E-state index contributed by atoms with van der Waals surface area (Å²) in [6.45, 7) is 5.52. The van der Waals surface area contributed by atoms with E-state index in [1.165, 1.54) is 0 Å². The summed E-state index contributed by atoms with van der Waals surface area (Å²) in [6.07, 6.45) is 4.07. The van der Waals surface area contributed by atoms with Gasteiger partial charge in [-0.15, -0.1) is 24.0 Å². The van der Waals surface area contributed by atoms with Crippen LogP contribution in [0.3, 0.4) is 0 Å². The number of anilines is 1. The predicted octanol–water partition coefficient (Wildman–Crippen LogP) is 3.29. The average molecular weight is 505 g/mol. The fourth-order valence-corrected chi connectivity index (χ4v) is 3.10. The van der Waals surface area contributed by atoms with Crippen molar-refractivity contribution < 1.29 is 18.9 Å². The highest BCUT2D eigenvalue weighted by Crippen LogP contribution is 2.32. The van der Waals surface area contributed by atoms with E-state index >= 15 is 0 Å². The van der Waals surface area contributed by atoms with Crippen LogP contribution in [0, 0.1) is 5.92 Å². The van der Waals surface area contributed by atoms with E-state index < -0.39 is 0 Å². The molecule has 2 aliphatic rings. The number of nitrogens with one attached hydrogen (secondary N) is 2. The van der Waals surface area contributed by atoms with Crippen LogP contribution < -0.4 is 20.1 Å². The summed E-state index contributed by atoms with van der Waals surface area (Å²) in [7, 11) is 1.76. The summed E-state index contributed by atoms with van der Waals surface area (Å²) >= 11 is 0. The summed E-state index contributed by atoms with van der Waals surface area (Å²) in [5.74, 6) is 2.95. The zero-order valence-electron chi connectivity index (χ0n) is 16.6. The molecule has 2 aliphatic heterocycles. The topological polar surface area (TPSA) is 73.3 Å². The van der Waals surface area contributed by atoms with Crippen LogP contribution in [0.15, 0.2) is 23.2 Å². The van der Waals surface area contributed by atoms with E-state index in [0.29, 0.717) is 19.1 Å². The summed E-state index contributed by atoms with van der Waals surface area (Å²) in [5.41, 5.74) is 0.920. The number of guanidine groups is 1. The fourth-order valence-electron chi connectivity index (χ4n) is 3.10. The summed E-state index contributed by atoms with van der Waals surface area (Å²) in [6, 6.07) is 5.85. The first-order valence-corrected chi connectivity index (χ1v) is 9.88. The van der Waals surface area contributed by atoms with Crippen LogP contribution >= 0.6 is 24.0 Å². The molecule has 1 saturated heterocycles. The molecule has 0 radical (unpaired) electrons. The van der Waals surface area contributed by atoms with E-state index in [1.807, 2.05) is 18.2 Å². The fraction of sp³-hybridized carbons (Fsp3) is 0.650. The predicted molar refractivity (Wildman–Crippen MR) is 121 cm³/mol. The molecule has 0 aliphatic carbocycles. The van der Waals surface area contributed by atoms with Gasteiger partial charge in [0.15, 0.2) is 17.5 Å². The number of fused-ring (bicyclic) bond motifs is 1. The second-order valence-corrected chi connectivity index (χ2v) is 6.82. The Hall–Kier alpha value is -1.26. The van der Waals surface area contributed by atoms with Gasteiger partial charge in [0.05, 0.1) is 13.2 Å². The van der Waals surface area contributed by atoms with E-state index in [0.717, 1.165) is 81.8 Å². The number of rotatable bonds is 7. The molecule has 2 heterocycles. The second kappa shape index (κ2) is 13.1. The van der Waals surface area contributed by atoms with Crippen molar-refractivity contribution in [3.8, 4) is 11.5 Å². The molecule has 0 saturated carbocycles. The van der Waals surface area contributed by atoms with Crippen LogP contribution in [0.4, 0.5) is 5.69 Å². The summed E-state index contributed by atoms with van der Waals surface area (Å²) in [5, 5.41) is 6.61. The quantitative estimate of drug-likeness (QED) is 0.257.